The van der Waals surface area contributed by atoms with Crippen molar-refractivity contribution in [1.82, 2.24) is 20.2 Å². The summed E-state index contributed by atoms with van der Waals surface area (Å²) < 4.78 is 5.72. The Balaban J connectivity index is 1.55. The predicted molar refractivity (Wildman–Crippen MR) is 92.2 cm³/mol. The van der Waals surface area contributed by atoms with Crippen molar-refractivity contribution in [1.29, 1.82) is 0 Å². The Labute approximate surface area is 147 Å². The summed E-state index contributed by atoms with van der Waals surface area (Å²) in [6.45, 7) is 0. The highest BCUT2D eigenvalue weighted by Gasteiger charge is 2.12. The number of halogens is 1. The van der Waals surface area contributed by atoms with Crippen molar-refractivity contribution in [2.75, 3.05) is 0 Å². The zero-order valence-corrected chi connectivity index (χ0v) is 14.0. The molecule has 0 radical (unpaired) electrons. The largest absolute Gasteiger partial charge is 0.415 e. The molecule has 0 atom stereocenters. The summed E-state index contributed by atoms with van der Waals surface area (Å²) in [4.78, 5) is 8.56. The molecule has 2 aromatic carbocycles. The third-order valence-corrected chi connectivity index (χ3v) is 4.52. The van der Waals surface area contributed by atoms with Crippen LogP contribution in [0.4, 0.5) is 0 Å². The Hall–Kier alpha value is -2.44. The highest BCUT2D eigenvalue weighted by molar-refractivity contribution is 7.99. The van der Waals surface area contributed by atoms with Gasteiger partial charge in [-0.1, -0.05) is 41.9 Å². The topological polar surface area (TPSA) is 64.7 Å². The summed E-state index contributed by atoms with van der Waals surface area (Å²) in [5.74, 6) is 0.554. The molecule has 24 heavy (non-hydrogen) atoms. The molecule has 0 unspecified atom stereocenters. The van der Waals surface area contributed by atoms with Crippen LogP contribution in [0.3, 0.4) is 0 Å². The smallest absolute Gasteiger partial charge is 0.282 e. The van der Waals surface area contributed by atoms with Gasteiger partial charge in [-0.2, -0.15) is 0 Å². The van der Waals surface area contributed by atoms with Gasteiger partial charge in [0.15, 0.2) is 0 Å². The van der Waals surface area contributed by atoms with Crippen molar-refractivity contribution in [3.05, 3.63) is 71.3 Å². The number of para-hydroxylation sites is 1. The number of fused-ring (bicyclic) bond motifs is 1. The van der Waals surface area contributed by atoms with Gasteiger partial charge in [0, 0.05) is 10.4 Å². The van der Waals surface area contributed by atoms with Crippen molar-refractivity contribution in [3.63, 3.8) is 0 Å². The van der Waals surface area contributed by atoms with E-state index in [1.54, 1.807) is 0 Å². The molecule has 7 heteroatoms. The van der Waals surface area contributed by atoms with E-state index >= 15 is 0 Å². The molecule has 0 N–H and O–H groups in total. The molecule has 118 valence electrons. The van der Waals surface area contributed by atoms with E-state index in [4.69, 9.17) is 16.0 Å². The van der Waals surface area contributed by atoms with E-state index in [-0.39, 0.29) is 0 Å². The van der Waals surface area contributed by atoms with Crippen LogP contribution in [0.2, 0.25) is 5.02 Å². The number of aromatic nitrogens is 4. The fourth-order valence-corrected chi connectivity index (χ4v) is 3.17. The van der Waals surface area contributed by atoms with Crippen LogP contribution >= 0.6 is 23.4 Å². The first-order valence-corrected chi connectivity index (χ1v) is 8.42. The van der Waals surface area contributed by atoms with Gasteiger partial charge in [0.05, 0.1) is 11.9 Å². The van der Waals surface area contributed by atoms with Crippen LogP contribution in [0.15, 0.2) is 69.5 Å². The summed E-state index contributed by atoms with van der Waals surface area (Å²) in [7, 11) is 0. The molecule has 0 fully saturated rings. The van der Waals surface area contributed by atoms with Gasteiger partial charge in [0.1, 0.15) is 11.4 Å². The van der Waals surface area contributed by atoms with Gasteiger partial charge in [-0.05, 0) is 35.5 Å². The van der Waals surface area contributed by atoms with E-state index in [1.165, 1.54) is 18.1 Å². The van der Waals surface area contributed by atoms with Gasteiger partial charge < -0.3 is 4.42 Å². The van der Waals surface area contributed by atoms with E-state index in [1.807, 2.05) is 48.5 Å². The first-order valence-electron chi connectivity index (χ1n) is 7.22. The van der Waals surface area contributed by atoms with Crippen molar-refractivity contribution in [2.45, 2.75) is 16.7 Å². The van der Waals surface area contributed by atoms with Gasteiger partial charge in [-0.25, -0.2) is 9.97 Å². The van der Waals surface area contributed by atoms with Gasteiger partial charge in [0.25, 0.3) is 5.22 Å². The Morgan fingerprint density at radius 3 is 2.67 bits per heavy atom. The normalized spacial score (nSPS) is 11.0. The highest BCUT2D eigenvalue weighted by Crippen LogP contribution is 2.30. The number of nitrogens with zero attached hydrogens (tertiary/aromatic N) is 4. The molecule has 0 spiro atoms. The summed E-state index contributed by atoms with van der Waals surface area (Å²) in [5.41, 5.74) is 1.95. The van der Waals surface area contributed by atoms with Crippen LogP contribution in [0.25, 0.3) is 10.9 Å². The van der Waals surface area contributed by atoms with Crippen LogP contribution in [0.1, 0.15) is 11.5 Å². The van der Waals surface area contributed by atoms with Crippen LogP contribution < -0.4 is 0 Å². The fourth-order valence-electron chi connectivity index (χ4n) is 2.27. The molecule has 0 saturated carbocycles. The highest BCUT2D eigenvalue weighted by atomic mass is 35.5. The standard InChI is InChI=1S/C17H11ClN4OS/c18-12-7-5-11(6-8-12)9-15-21-22-17(23-15)24-16-13-3-1-2-4-14(13)19-10-20-16/h1-8,10H,9H2. The molecule has 4 aromatic rings. The second-order valence-electron chi connectivity index (χ2n) is 5.06. The Morgan fingerprint density at radius 2 is 1.79 bits per heavy atom. The predicted octanol–water partition coefficient (Wildman–Crippen LogP) is 4.41. The SMILES string of the molecule is Clc1ccc(Cc2nnc(Sc3ncnc4ccccc34)o2)cc1. The van der Waals surface area contributed by atoms with Crippen LogP contribution in [0, 0.1) is 0 Å². The first-order chi connectivity index (χ1) is 11.8. The third-order valence-electron chi connectivity index (χ3n) is 3.41. The quantitative estimate of drug-likeness (QED) is 0.506. The Bertz CT molecular complexity index is 982. The van der Waals surface area contributed by atoms with Crippen molar-refractivity contribution >= 4 is 34.3 Å². The van der Waals surface area contributed by atoms with Crippen LogP contribution in [0.5, 0.6) is 0 Å². The average molecular weight is 355 g/mol. The maximum absolute atomic E-state index is 5.89. The van der Waals surface area contributed by atoms with Crippen LogP contribution in [-0.4, -0.2) is 20.2 Å². The average Bonchev–Trinajstić information content (AvgIpc) is 3.04. The molecular formula is C17H11ClN4OS. The number of benzene rings is 2. The van der Waals surface area contributed by atoms with Crippen molar-refractivity contribution < 1.29 is 4.42 Å². The summed E-state index contributed by atoms with van der Waals surface area (Å²) >= 11 is 7.23. The fraction of sp³-hybridized carbons (Fsp3) is 0.0588. The van der Waals surface area contributed by atoms with Gasteiger partial charge >= 0.3 is 0 Å². The zero-order valence-electron chi connectivity index (χ0n) is 12.4. The molecule has 0 bridgehead atoms. The van der Waals surface area contributed by atoms with Crippen molar-refractivity contribution in [3.8, 4) is 0 Å². The van der Waals surface area contributed by atoms with E-state index < -0.39 is 0 Å². The number of hydrogen-bond donors (Lipinski definition) is 0. The third kappa shape index (κ3) is 3.25. The molecule has 0 aliphatic rings. The second kappa shape index (κ2) is 6.59. The van der Waals surface area contributed by atoms with Crippen LogP contribution in [-0.2, 0) is 6.42 Å². The maximum atomic E-state index is 5.89. The zero-order chi connectivity index (χ0) is 16.4. The van der Waals surface area contributed by atoms with E-state index in [9.17, 15) is 0 Å². The maximum Gasteiger partial charge on any atom is 0.282 e. The van der Waals surface area contributed by atoms with E-state index in [2.05, 4.69) is 20.2 Å². The molecule has 0 saturated heterocycles. The molecule has 0 aliphatic carbocycles. The van der Waals surface area contributed by atoms with E-state index in [0.717, 1.165) is 21.5 Å². The molecule has 2 aromatic heterocycles. The van der Waals surface area contributed by atoms with E-state index in [0.29, 0.717) is 22.6 Å². The van der Waals surface area contributed by atoms with Gasteiger partial charge in [-0.15, -0.1) is 10.2 Å². The lowest BCUT2D eigenvalue weighted by Crippen LogP contribution is -1.87. The molecule has 0 aliphatic heterocycles. The number of hydrogen-bond acceptors (Lipinski definition) is 6. The lowest BCUT2D eigenvalue weighted by molar-refractivity contribution is 0.420. The number of rotatable bonds is 4. The summed E-state index contributed by atoms with van der Waals surface area (Å²) in [5, 5.41) is 11.1. The Kier molecular flexibility index (Phi) is 4.15. The first kappa shape index (κ1) is 15.1. The minimum absolute atomic E-state index is 0.461. The summed E-state index contributed by atoms with van der Waals surface area (Å²) in [6, 6.07) is 15.4. The molecule has 2 heterocycles. The Morgan fingerprint density at radius 1 is 0.958 bits per heavy atom. The van der Waals surface area contributed by atoms with Gasteiger partial charge in [0.2, 0.25) is 5.89 Å². The lowest BCUT2D eigenvalue weighted by atomic mass is 10.1. The molecule has 4 rings (SSSR count). The monoisotopic (exact) mass is 354 g/mol. The molecule has 0 amide bonds. The minimum Gasteiger partial charge on any atom is -0.415 e. The second-order valence-corrected chi connectivity index (χ2v) is 6.44. The summed E-state index contributed by atoms with van der Waals surface area (Å²) in [6.07, 6.45) is 2.10. The van der Waals surface area contributed by atoms with Gasteiger partial charge in [-0.3, -0.25) is 0 Å². The van der Waals surface area contributed by atoms with Crippen molar-refractivity contribution in [2.24, 2.45) is 0 Å². The molecule has 5 nitrogen and oxygen atoms in total. The lowest BCUT2D eigenvalue weighted by Gasteiger charge is -2.01. The minimum atomic E-state index is 0.461. The molecular weight excluding hydrogens is 344 g/mol.